The maximum absolute atomic E-state index is 11.5. The molecule has 1 aromatic rings. The zero-order valence-corrected chi connectivity index (χ0v) is 9.58. The van der Waals surface area contributed by atoms with Gasteiger partial charge in [-0.15, -0.1) is 0 Å². The van der Waals surface area contributed by atoms with E-state index in [0.29, 0.717) is 4.90 Å². The summed E-state index contributed by atoms with van der Waals surface area (Å²) in [7, 11) is -3.13. The van der Waals surface area contributed by atoms with E-state index in [2.05, 4.69) is 6.07 Å². The molecule has 1 atom stereocenters. The van der Waals surface area contributed by atoms with E-state index in [1.807, 2.05) is 0 Å². The SMILES string of the molecule is CCS(=O)(=O)c1ccc(C(C)C#N)cc1. The molecule has 0 bridgehead atoms. The van der Waals surface area contributed by atoms with Crippen molar-refractivity contribution < 1.29 is 8.42 Å². The summed E-state index contributed by atoms with van der Waals surface area (Å²) in [6.45, 7) is 3.39. The van der Waals surface area contributed by atoms with Crippen molar-refractivity contribution >= 4 is 9.84 Å². The van der Waals surface area contributed by atoms with Crippen LogP contribution in [0.1, 0.15) is 25.3 Å². The number of rotatable bonds is 3. The molecular formula is C11H13NO2S. The molecule has 0 spiro atoms. The average Bonchev–Trinajstić information content (AvgIpc) is 2.28. The molecule has 0 saturated heterocycles. The van der Waals surface area contributed by atoms with Crippen LogP contribution in [0, 0.1) is 11.3 Å². The largest absolute Gasteiger partial charge is 0.224 e. The van der Waals surface area contributed by atoms with Crippen LogP contribution in [0.5, 0.6) is 0 Å². The number of nitriles is 1. The number of hydrogen-bond acceptors (Lipinski definition) is 3. The van der Waals surface area contributed by atoms with Crippen molar-refractivity contribution in [3.05, 3.63) is 29.8 Å². The van der Waals surface area contributed by atoms with Crippen molar-refractivity contribution in [2.75, 3.05) is 5.75 Å². The van der Waals surface area contributed by atoms with Crippen molar-refractivity contribution in [2.45, 2.75) is 24.7 Å². The maximum Gasteiger partial charge on any atom is 0.178 e. The lowest BCUT2D eigenvalue weighted by Crippen LogP contribution is -2.03. The van der Waals surface area contributed by atoms with Gasteiger partial charge in [-0.3, -0.25) is 0 Å². The zero-order valence-electron chi connectivity index (χ0n) is 8.77. The minimum Gasteiger partial charge on any atom is -0.224 e. The second-order valence-corrected chi connectivity index (χ2v) is 5.60. The highest BCUT2D eigenvalue weighted by atomic mass is 32.2. The predicted octanol–water partition coefficient (Wildman–Crippen LogP) is 2.11. The van der Waals surface area contributed by atoms with Gasteiger partial charge in [0.25, 0.3) is 0 Å². The lowest BCUT2D eigenvalue weighted by Gasteiger charge is -2.04. The first-order chi connectivity index (χ1) is 7.01. The summed E-state index contributed by atoms with van der Waals surface area (Å²) in [5.74, 6) is -0.108. The molecule has 80 valence electrons. The van der Waals surface area contributed by atoms with Gasteiger partial charge >= 0.3 is 0 Å². The van der Waals surface area contributed by atoms with Crippen LogP contribution in [0.2, 0.25) is 0 Å². The first-order valence-corrected chi connectivity index (χ1v) is 6.39. The number of sulfone groups is 1. The molecule has 0 amide bonds. The van der Waals surface area contributed by atoms with Gasteiger partial charge in [-0.2, -0.15) is 5.26 Å². The number of nitrogens with zero attached hydrogens (tertiary/aromatic N) is 1. The second-order valence-electron chi connectivity index (χ2n) is 3.32. The summed E-state index contributed by atoms with van der Waals surface area (Å²) in [6, 6.07) is 8.60. The Morgan fingerprint density at radius 1 is 1.33 bits per heavy atom. The molecule has 0 fully saturated rings. The first kappa shape index (κ1) is 11.7. The van der Waals surface area contributed by atoms with Crippen LogP contribution in [-0.2, 0) is 9.84 Å². The van der Waals surface area contributed by atoms with Crippen LogP contribution in [-0.4, -0.2) is 14.2 Å². The van der Waals surface area contributed by atoms with Crippen molar-refractivity contribution in [1.29, 1.82) is 5.26 Å². The van der Waals surface area contributed by atoms with E-state index < -0.39 is 9.84 Å². The Kier molecular flexibility index (Phi) is 3.48. The fourth-order valence-corrected chi connectivity index (χ4v) is 2.09. The lowest BCUT2D eigenvalue weighted by molar-refractivity contribution is 0.597. The fourth-order valence-electron chi connectivity index (χ4n) is 1.21. The molecule has 1 unspecified atom stereocenters. The summed E-state index contributed by atoms with van der Waals surface area (Å²) in [5.41, 5.74) is 0.840. The molecule has 0 saturated carbocycles. The van der Waals surface area contributed by atoms with Crippen LogP contribution in [0.15, 0.2) is 29.2 Å². The first-order valence-electron chi connectivity index (χ1n) is 4.73. The van der Waals surface area contributed by atoms with Crippen molar-refractivity contribution in [1.82, 2.24) is 0 Å². The van der Waals surface area contributed by atoms with Gasteiger partial charge in [-0.05, 0) is 24.6 Å². The molecule has 0 N–H and O–H groups in total. The molecule has 15 heavy (non-hydrogen) atoms. The summed E-state index contributed by atoms with van der Waals surface area (Å²) in [4.78, 5) is 0.318. The van der Waals surface area contributed by atoms with E-state index in [1.54, 1.807) is 38.1 Å². The molecule has 1 rings (SSSR count). The summed E-state index contributed by atoms with van der Waals surface area (Å²) < 4.78 is 23.0. The lowest BCUT2D eigenvalue weighted by atomic mass is 10.0. The summed E-state index contributed by atoms with van der Waals surface area (Å²) in [5, 5.41) is 8.70. The Labute approximate surface area is 90.3 Å². The third-order valence-electron chi connectivity index (χ3n) is 2.31. The quantitative estimate of drug-likeness (QED) is 0.788. The third-order valence-corrected chi connectivity index (χ3v) is 4.06. The molecule has 3 nitrogen and oxygen atoms in total. The van der Waals surface area contributed by atoms with Gasteiger partial charge in [-0.25, -0.2) is 8.42 Å². The topological polar surface area (TPSA) is 57.9 Å². The monoisotopic (exact) mass is 223 g/mol. The van der Waals surface area contributed by atoms with Crippen molar-refractivity contribution in [2.24, 2.45) is 0 Å². The van der Waals surface area contributed by atoms with E-state index >= 15 is 0 Å². The second kappa shape index (κ2) is 4.45. The van der Waals surface area contributed by atoms with E-state index in [1.165, 1.54) is 0 Å². The van der Waals surface area contributed by atoms with Gasteiger partial charge in [0.15, 0.2) is 9.84 Å². The van der Waals surface area contributed by atoms with Gasteiger partial charge in [0, 0.05) is 0 Å². The van der Waals surface area contributed by atoms with Crippen LogP contribution < -0.4 is 0 Å². The normalized spacial score (nSPS) is 13.1. The van der Waals surface area contributed by atoms with Gasteiger partial charge < -0.3 is 0 Å². The summed E-state index contributed by atoms with van der Waals surface area (Å²) in [6.07, 6.45) is 0. The van der Waals surface area contributed by atoms with Crippen LogP contribution in [0.3, 0.4) is 0 Å². The van der Waals surface area contributed by atoms with Crippen molar-refractivity contribution in [3.8, 4) is 6.07 Å². The molecule has 0 radical (unpaired) electrons. The highest BCUT2D eigenvalue weighted by Gasteiger charge is 2.11. The van der Waals surface area contributed by atoms with E-state index in [4.69, 9.17) is 5.26 Å². The Hall–Kier alpha value is -1.34. The standard InChI is InChI=1S/C11H13NO2S/c1-3-15(13,14)11-6-4-10(5-7-11)9(2)8-12/h4-7,9H,3H2,1-2H3. The molecule has 4 heteroatoms. The fraction of sp³-hybridized carbons (Fsp3) is 0.364. The van der Waals surface area contributed by atoms with Crippen LogP contribution in [0.25, 0.3) is 0 Å². The van der Waals surface area contributed by atoms with E-state index in [9.17, 15) is 8.42 Å². The van der Waals surface area contributed by atoms with Crippen LogP contribution in [0.4, 0.5) is 0 Å². The molecule has 0 aliphatic heterocycles. The summed E-state index contributed by atoms with van der Waals surface area (Å²) >= 11 is 0. The van der Waals surface area contributed by atoms with Gasteiger partial charge in [0.1, 0.15) is 0 Å². The molecule has 0 aliphatic carbocycles. The van der Waals surface area contributed by atoms with Gasteiger partial charge in [0.05, 0.1) is 22.6 Å². The highest BCUT2D eigenvalue weighted by Crippen LogP contribution is 2.17. The predicted molar refractivity (Wildman–Crippen MR) is 58.2 cm³/mol. The molecule has 0 aliphatic rings. The van der Waals surface area contributed by atoms with Crippen LogP contribution >= 0.6 is 0 Å². The third kappa shape index (κ3) is 2.57. The van der Waals surface area contributed by atoms with Gasteiger partial charge in [0.2, 0.25) is 0 Å². The average molecular weight is 223 g/mol. The number of hydrogen-bond donors (Lipinski definition) is 0. The van der Waals surface area contributed by atoms with Crippen molar-refractivity contribution in [3.63, 3.8) is 0 Å². The van der Waals surface area contributed by atoms with Gasteiger partial charge in [-0.1, -0.05) is 19.1 Å². The number of benzene rings is 1. The minimum absolute atomic E-state index is 0.0974. The molecule has 0 heterocycles. The Morgan fingerprint density at radius 3 is 2.27 bits per heavy atom. The molecule has 1 aromatic carbocycles. The minimum atomic E-state index is -3.13. The Balaban J connectivity index is 3.07. The Morgan fingerprint density at radius 2 is 1.87 bits per heavy atom. The Bertz CT molecular complexity index is 468. The molecule has 0 aromatic heterocycles. The maximum atomic E-state index is 11.5. The zero-order chi connectivity index (χ0) is 11.5. The smallest absolute Gasteiger partial charge is 0.178 e. The van der Waals surface area contributed by atoms with E-state index in [-0.39, 0.29) is 11.7 Å². The molecular weight excluding hydrogens is 210 g/mol. The highest BCUT2D eigenvalue weighted by molar-refractivity contribution is 7.91. The van der Waals surface area contributed by atoms with E-state index in [0.717, 1.165) is 5.56 Å².